The van der Waals surface area contributed by atoms with Crippen LogP contribution in [-0.2, 0) is 17.9 Å². The van der Waals surface area contributed by atoms with E-state index in [9.17, 15) is 10.2 Å². The molecule has 1 fully saturated rings. The highest BCUT2D eigenvalue weighted by Crippen LogP contribution is 2.27. The fraction of sp³-hybridized carbons (Fsp3) is 0.409. The van der Waals surface area contributed by atoms with Gasteiger partial charge in [0.15, 0.2) is 0 Å². The number of rotatable bonds is 8. The summed E-state index contributed by atoms with van der Waals surface area (Å²) in [6, 6.07) is 11.2. The second-order valence-electron chi connectivity index (χ2n) is 7.51. The smallest absolute Gasteiger partial charge is 0.204 e. The van der Waals surface area contributed by atoms with Gasteiger partial charge < -0.3 is 24.8 Å². The summed E-state index contributed by atoms with van der Waals surface area (Å²) in [4.78, 5) is 7.19. The number of aromatic nitrogens is 2. The third-order valence-corrected chi connectivity index (χ3v) is 5.90. The van der Waals surface area contributed by atoms with Crippen molar-refractivity contribution in [1.29, 1.82) is 0 Å². The van der Waals surface area contributed by atoms with Crippen LogP contribution < -0.4 is 5.32 Å². The van der Waals surface area contributed by atoms with Crippen molar-refractivity contribution in [2.75, 3.05) is 44.7 Å². The number of halogens is 1. The summed E-state index contributed by atoms with van der Waals surface area (Å²) in [7, 11) is 0. The number of hydrogen-bond donors (Lipinski definition) is 3. The van der Waals surface area contributed by atoms with Crippen molar-refractivity contribution in [2.45, 2.75) is 19.6 Å². The largest absolute Gasteiger partial charge is 0.508 e. The minimum atomic E-state index is -0.0163. The van der Waals surface area contributed by atoms with Crippen LogP contribution in [0.15, 0.2) is 40.9 Å². The molecule has 1 aromatic heterocycles. The van der Waals surface area contributed by atoms with Crippen molar-refractivity contribution in [3.8, 4) is 5.75 Å². The Morgan fingerprint density at radius 1 is 1.13 bits per heavy atom. The number of aliphatic hydroxyl groups excluding tert-OH is 1. The highest BCUT2D eigenvalue weighted by Gasteiger charge is 2.14. The molecular formula is C22H27BrN4O3. The van der Waals surface area contributed by atoms with Crippen molar-refractivity contribution in [1.82, 2.24) is 14.5 Å². The number of benzene rings is 2. The third-order valence-electron chi connectivity index (χ3n) is 5.40. The van der Waals surface area contributed by atoms with Crippen LogP contribution in [0.2, 0.25) is 0 Å². The molecule has 1 aliphatic rings. The van der Waals surface area contributed by atoms with Gasteiger partial charge in [0.1, 0.15) is 5.75 Å². The SMILES string of the molecule is OCc1ccc2c(c1)nc(NCCCN1CCOCC1)n2Cc1cc(Br)ccc1O. The molecule has 2 aromatic carbocycles. The molecule has 160 valence electrons. The van der Waals surface area contributed by atoms with E-state index in [0.717, 1.165) is 78.4 Å². The Labute approximate surface area is 184 Å². The zero-order chi connectivity index (χ0) is 20.9. The molecule has 0 radical (unpaired) electrons. The summed E-state index contributed by atoms with van der Waals surface area (Å²) in [6.07, 6.45) is 1.01. The van der Waals surface area contributed by atoms with E-state index >= 15 is 0 Å². The predicted octanol–water partition coefficient (Wildman–Crippen LogP) is 3.18. The van der Waals surface area contributed by atoms with Crippen LogP contribution in [0, 0.1) is 0 Å². The zero-order valence-corrected chi connectivity index (χ0v) is 18.4. The van der Waals surface area contributed by atoms with Gasteiger partial charge in [0.2, 0.25) is 5.95 Å². The Morgan fingerprint density at radius 3 is 2.77 bits per heavy atom. The van der Waals surface area contributed by atoms with E-state index in [1.165, 1.54) is 0 Å². The number of aliphatic hydroxyl groups is 1. The van der Waals surface area contributed by atoms with Gasteiger partial charge in [-0.25, -0.2) is 4.98 Å². The quantitative estimate of drug-likeness (QED) is 0.435. The number of nitrogens with one attached hydrogen (secondary N) is 1. The highest BCUT2D eigenvalue weighted by molar-refractivity contribution is 9.10. The van der Waals surface area contributed by atoms with Crippen LogP contribution in [0.3, 0.4) is 0 Å². The number of fused-ring (bicyclic) bond motifs is 1. The lowest BCUT2D eigenvalue weighted by Gasteiger charge is -2.26. The Kier molecular flexibility index (Phi) is 6.89. The number of imidazole rings is 1. The lowest BCUT2D eigenvalue weighted by Crippen LogP contribution is -2.37. The van der Waals surface area contributed by atoms with Gasteiger partial charge in [-0.2, -0.15) is 0 Å². The minimum Gasteiger partial charge on any atom is -0.508 e. The fourth-order valence-corrected chi connectivity index (χ4v) is 4.16. The molecule has 7 nitrogen and oxygen atoms in total. The minimum absolute atomic E-state index is 0.0163. The molecule has 1 saturated heterocycles. The molecule has 0 unspecified atom stereocenters. The summed E-state index contributed by atoms with van der Waals surface area (Å²) in [5, 5.41) is 23.3. The number of ether oxygens (including phenoxy) is 1. The van der Waals surface area contributed by atoms with E-state index in [1.807, 2.05) is 30.3 Å². The van der Waals surface area contributed by atoms with E-state index in [4.69, 9.17) is 9.72 Å². The number of morpholine rings is 1. The van der Waals surface area contributed by atoms with Crippen LogP contribution >= 0.6 is 15.9 Å². The van der Waals surface area contributed by atoms with Gasteiger partial charge in [0.05, 0.1) is 37.4 Å². The number of anilines is 1. The molecule has 3 aromatic rings. The first-order chi connectivity index (χ1) is 14.6. The predicted molar refractivity (Wildman–Crippen MR) is 121 cm³/mol. The lowest BCUT2D eigenvalue weighted by molar-refractivity contribution is 0.0378. The summed E-state index contributed by atoms with van der Waals surface area (Å²) in [5.41, 5.74) is 3.43. The van der Waals surface area contributed by atoms with Crippen molar-refractivity contribution in [2.24, 2.45) is 0 Å². The van der Waals surface area contributed by atoms with E-state index in [2.05, 4.69) is 30.7 Å². The molecule has 0 aliphatic carbocycles. The highest BCUT2D eigenvalue weighted by atomic mass is 79.9. The van der Waals surface area contributed by atoms with E-state index < -0.39 is 0 Å². The van der Waals surface area contributed by atoms with Crippen LogP contribution in [0.1, 0.15) is 17.5 Å². The molecular weight excluding hydrogens is 448 g/mol. The van der Waals surface area contributed by atoms with Crippen LogP contribution in [0.4, 0.5) is 5.95 Å². The summed E-state index contributed by atoms with van der Waals surface area (Å²) < 4.78 is 8.40. The van der Waals surface area contributed by atoms with Crippen LogP contribution in [0.25, 0.3) is 11.0 Å². The van der Waals surface area contributed by atoms with Crippen molar-refractivity contribution < 1.29 is 14.9 Å². The third kappa shape index (κ3) is 4.95. The van der Waals surface area contributed by atoms with Gasteiger partial charge in [-0.15, -0.1) is 0 Å². The van der Waals surface area contributed by atoms with Gasteiger partial charge in [-0.3, -0.25) is 4.90 Å². The molecule has 2 heterocycles. The van der Waals surface area contributed by atoms with Crippen molar-refractivity contribution >= 4 is 32.9 Å². The molecule has 0 spiro atoms. The molecule has 0 bridgehead atoms. The Hall–Kier alpha value is -2.13. The monoisotopic (exact) mass is 474 g/mol. The maximum atomic E-state index is 10.3. The number of hydrogen-bond acceptors (Lipinski definition) is 6. The first kappa shape index (κ1) is 21.1. The van der Waals surface area contributed by atoms with Crippen LogP contribution in [0.5, 0.6) is 5.75 Å². The summed E-state index contributed by atoms with van der Waals surface area (Å²) in [5.74, 6) is 1.02. The molecule has 3 N–H and O–H groups in total. The van der Waals surface area contributed by atoms with Crippen molar-refractivity contribution in [3.63, 3.8) is 0 Å². The first-order valence-corrected chi connectivity index (χ1v) is 11.0. The first-order valence-electron chi connectivity index (χ1n) is 10.3. The van der Waals surface area contributed by atoms with Gasteiger partial charge in [0.25, 0.3) is 0 Å². The Morgan fingerprint density at radius 2 is 1.97 bits per heavy atom. The van der Waals surface area contributed by atoms with Crippen LogP contribution in [-0.4, -0.2) is 64.1 Å². The lowest BCUT2D eigenvalue weighted by atomic mass is 10.2. The molecule has 0 amide bonds. The van der Waals surface area contributed by atoms with Crippen molar-refractivity contribution in [3.05, 3.63) is 52.0 Å². The second-order valence-corrected chi connectivity index (χ2v) is 8.43. The van der Waals surface area contributed by atoms with Gasteiger partial charge >= 0.3 is 0 Å². The molecule has 30 heavy (non-hydrogen) atoms. The van der Waals surface area contributed by atoms with E-state index in [1.54, 1.807) is 6.07 Å². The average Bonchev–Trinajstić information content (AvgIpc) is 3.11. The second kappa shape index (κ2) is 9.78. The maximum absolute atomic E-state index is 10.3. The number of phenols is 1. The zero-order valence-electron chi connectivity index (χ0n) is 16.9. The molecule has 1 aliphatic heterocycles. The number of nitrogens with zero attached hydrogens (tertiary/aromatic N) is 3. The van der Waals surface area contributed by atoms with Gasteiger partial charge in [-0.05, 0) is 48.9 Å². The molecule has 0 saturated carbocycles. The summed E-state index contributed by atoms with van der Waals surface area (Å²) >= 11 is 3.48. The number of phenolic OH excluding ortho intramolecular Hbond substituents is 1. The molecule has 8 heteroatoms. The fourth-order valence-electron chi connectivity index (χ4n) is 3.75. The summed E-state index contributed by atoms with van der Waals surface area (Å²) in [6.45, 7) is 5.91. The van der Waals surface area contributed by atoms with E-state index in [0.29, 0.717) is 6.54 Å². The maximum Gasteiger partial charge on any atom is 0.204 e. The standard InChI is InChI=1S/C22H27BrN4O3/c23-18-3-5-21(29)17(13-18)14-27-20-4-2-16(15-28)12-19(20)25-22(27)24-6-1-7-26-8-10-30-11-9-26/h2-5,12-13,28-29H,1,6-11,14-15H2,(H,24,25). The molecule has 0 atom stereocenters. The topological polar surface area (TPSA) is 82.8 Å². The van der Waals surface area contributed by atoms with Gasteiger partial charge in [-0.1, -0.05) is 22.0 Å². The molecule has 4 rings (SSSR count). The Bertz CT molecular complexity index is 1000. The normalized spacial score (nSPS) is 15.0. The van der Waals surface area contributed by atoms with E-state index in [-0.39, 0.29) is 12.4 Å². The Balaban J connectivity index is 1.54. The average molecular weight is 475 g/mol. The number of aromatic hydroxyl groups is 1. The van der Waals surface area contributed by atoms with Gasteiger partial charge in [0, 0.05) is 29.7 Å².